The minimum absolute atomic E-state index is 0.128. The summed E-state index contributed by atoms with van der Waals surface area (Å²) in [4.78, 5) is 23.7. The van der Waals surface area contributed by atoms with Crippen LogP contribution in [0.25, 0.3) is 0 Å². The molecule has 0 aromatic heterocycles. The third-order valence-corrected chi connectivity index (χ3v) is 2.76. The van der Waals surface area contributed by atoms with Gasteiger partial charge >= 0.3 is 5.97 Å². The standard InChI is InChI=1S/C11H20N2O4/c14-9(7-11(16)17)8-12-4-3-10(15)13-5-1-2-6-13/h9,12,14H,1-8H2,(H,16,17). The smallest absolute Gasteiger partial charge is 0.306 e. The van der Waals surface area contributed by atoms with E-state index in [0.29, 0.717) is 13.0 Å². The third-order valence-electron chi connectivity index (χ3n) is 2.76. The quantitative estimate of drug-likeness (QED) is 0.522. The maximum absolute atomic E-state index is 11.6. The van der Waals surface area contributed by atoms with Crippen LogP contribution in [-0.2, 0) is 9.59 Å². The van der Waals surface area contributed by atoms with E-state index in [1.54, 1.807) is 0 Å². The number of carbonyl (C=O) groups excluding carboxylic acids is 1. The van der Waals surface area contributed by atoms with Crippen LogP contribution in [0.1, 0.15) is 25.7 Å². The molecular weight excluding hydrogens is 224 g/mol. The molecule has 0 saturated carbocycles. The molecule has 98 valence electrons. The first kappa shape index (κ1) is 13.9. The summed E-state index contributed by atoms with van der Waals surface area (Å²) in [6, 6.07) is 0. The minimum Gasteiger partial charge on any atom is -0.481 e. The fourth-order valence-corrected chi connectivity index (χ4v) is 1.86. The average Bonchev–Trinajstić information content (AvgIpc) is 2.76. The molecule has 0 radical (unpaired) electrons. The summed E-state index contributed by atoms with van der Waals surface area (Å²) in [5, 5.41) is 20.6. The van der Waals surface area contributed by atoms with Crippen LogP contribution in [0.4, 0.5) is 0 Å². The minimum atomic E-state index is -1.02. The number of carboxylic acids is 1. The second-order valence-corrected chi connectivity index (χ2v) is 4.29. The fraction of sp³-hybridized carbons (Fsp3) is 0.818. The van der Waals surface area contributed by atoms with Gasteiger partial charge in [-0.3, -0.25) is 9.59 Å². The Morgan fingerprint density at radius 2 is 1.94 bits per heavy atom. The number of aliphatic hydroxyl groups excluding tert-OH is 1. The highest BCUT2D eigenvalue weighted by Crippen LogP contribution is 2.08. The summed E-state index contributed by atoms with van der Waals surface area (Å²) in [6.07, 6.45) is 1.40. The third kappa shape index (κ3) is 5.65. The Morgan fingerprint density at radius 1 is 1.29 bits per heavy atom. The van der Waals surface area contributed by atoms with E-state index >= 15 is 0 Å². The van der Waals surface area contributed by atoms with E-state index in [9.17, 15) is 14.7 Å². The van der Waals surface area contributed by atoms with Crippen LogP contribution in [0.3, 0.4) is 0 Å². The lowest BCUT2D eigenvalue weighted by Gasteiger charge is -2.15. The average molecular weight is 244 g/mol. The molecule has 6 nitrogen and oxygen atoms in total. The number of carboxylic acid groups (broad SMARTS) is 1. The summed E-state index contributed by atoms with van der Waals surface area (Å²) in [5.41, 5.74) is 0. The molecule has 1 amide bonds. The van der Waals surface area contributed by atoms with Gasteiger partial charge in [-0.2, -0.15) is 0 Å². The molecule has 0 bridgehead atoms. The molecule has 1 aliphatic rings. The highest BCUT2D eigenvalue weighted by molar-refractivity contribution is 5.76. The lowest BCUT2D eigenvalue weighted by Crippen LogP contribution is -2.33. The van der Waals surface area contributed by atoms with E-state index < -0.39 is 12.1 Å². The Bertz CT molecular complexity index is 264. The van der Waals surface area contributed by atoms with E-state index in [1.807, 2.05) is 4.90 Å². The molecule has 0 aromatic rings. The molecule has 1 heterocycles. The van der Waals surface area contributed by atoms with Crippen LogP contribution in [0.5, 0.6) is 0 Å². The molecule has 1 aliphatic heterocycles. The number of carbonyl (C=O) groups is 2. The zero-order chi connectivity index (χ0) is 12.7. The molecule has 0 spiro atoms. The molecule has 1 saturated heterocycles. The second kappa shape index (κ2) is 7.24. The van der Waals surface area contributed by atoms with Crippen molar-refractivity contribution in [2.24, 2.45) is 0 Å². The Kier molecular flexibility index (Phi) is 5.93. The zero-order valence-corrected chi connectivity index (χ0v) is 9.89. The van der Waals surface area contributed by atoms with Crippen molar-refractivity contribution in [1.82, 2.24) is 10.2 Å². The summed E-state index contributed by atoms with van der Waals surface area (Å²) < 4.78 is 0. The van der Waals surface area contributed by atoms with Gasteiger partial charge < -0.3 is 20.4 Å². The number of likely N-dealkylation sites (tertiary alicyclic amines) is 1. The van der Waals surface area contributed by atoms with Crippen LogP contribution < -0.4 is 5.32 Å². The van der Waals surface area contributed by atoms with Crippen molar-refractivity contribution in [3.63, 3.8) is 0 Å². The Balaban J connectivity index is 2.03. The van der Waals surface area contributed by atoms with E-state index in [1.165, 1.54) is 0 Å². The monoisotopic (exact) mass is 244 g/mol. The van der Waals surface area contributed by atoms with Crippen molar-refractivity contribution >= 4 is 11.9 Å². The van der Waals surface area contributed by atoms with E-state index in [0.717, 1.165) is 25.9 Å². The Labute approximate surface area is 101 Å². The predicted octanol–water partition coefficient (Wildman–Crippen LogP) is -0.576. The first-order valence-corrected chi connectivity index (χ1v) is 5.98. The van der Waals surface area contributed by atoms with Gasteiger partial charge in [-0.1, -0.05) is 0 Å². The second-order valence-electron chi connectivity index (χ2n) is 4.29. The van der Waals surface area contributed by atoms with Crippen molar-refractivity contribution in [3.8, 4) is 0 Å². The lowest BCUT2D eigenvalue weighted by molar-refractivity contribution is -0.139. The van der Waals surface area contributed by atoms with Crippen LogP contribution in [0.2, 0.25) is 0 Å². The van der Waals surface area contributed by atoms with Gasteiger partial charge in [-0.05, 0) is 12.8 Å². The van der Waals surface area contributed by atoms with Crippen LogP contribution in [-0.4, -0.2) is 59.3 Å². The largest absolute Gasteiger partial charge is 0.481 e. The summed E-state index contributed by atoms with van der Waals surface area (Å²) >= 11 is 0. The molecule has 0 aromatic carbocycles. The summed E-state index contributed by atoms with van der Waals surface area (Å²) in [6.45, 7) is 2.38. The zero-order valence-electron chi connectivity index (χ0n) is 9.89. The lowest BCUT2D eigenvalue weighted by atomic mass is 10.2. The van der Waals surface area contributed by atoms with Crippen molar-refractivity contribution in [2.75, 3.05) is 26.2 Å². The van der Waals surface area contributed by atoms with Gasteiger partial charge in [0.2, 0.25) is 5.91 Å². The highest BCUT2D eigenvalue weighted by atomic mass is 16.4. The first-order chi connectivity index (χ1) is 8.09. The molecule has 6 heteroatoms. The maximum atomic E-state index is 11.6. The number of amides is 1. The number of hydrogen-bond acceptors (Lipinski definition) is 4. The van der Waals surface area contributed by atoms with Crippen LogP contribution in [0.15, 0.2) is 0 Å². The molecule has 1 unspecified atom stereocenters. The van der Waals surface area contributed by atoms with Crippen LogP contribution in [0, 0.1) is 0 Å². The maximum Gasteiger partial charge on any atom is 0.306 e. The van der Waals surface area contributed by atoms with Crippen molar-refractivity contribution < 1.29 is 19.8 Å². The molecule has 1 fully saturated rings. The topological polar surface area (TPSA) is 89.9 Å². The molecule has 17 heavy (non-hydrogen) atoms. The number of aliphatic carboxylic acids is 1. The summed E-state index contributed by atoms with van der Waals surface area (Å²) in [5.74, 6) is -0.893. The molecular formula is C11H20N2O4. The van der Waals surface area contributed by atoms with E-state index in [-0.39, 0.29) is 18.9 Å². The van der Waals surface area contributed by atoms with Gasteiger partial charge in [0.15, 0.2) is 0 Å². The first-order valence-electron chi connectivity index (χ1n) is 5.98. The number of hydrogen-bond donors (Lipinski definition) is 3. The van der Waals surface area contributed by atoms with Gasteiger partial charge in [0.05, 0.1) is 12.5 Å². The van der Waals surface area contributed by atoms with Gasteiger partial charge in [-0.15, -0.1) is 0 Å². The summed E-state index contributed by atoms with van der Waals surface area (Å²) in [7, 11) is 0. The van der Waals surface area contributed by atoms with Crippen molar-refractivity contribution in [2.45, 2.75) is 31.8 Å². The van der Waals surface area contributed by atoms with Crippen LogP contribution >= 0.6 is 0 Å². The number of nitrogens with one attached hydrogen (secondary N) is 1. The highest BCUT2D eigenvalue weighted by Gasteiger charge is 2.17. The molecule has 3 N–H and O–H groups in total. The van der Waals surface area contributed by atoms with E-state index in [2.05, 4.69) is 5.32 Å². The fourth-order valence-electron chi connectivity index (χ4n) is 1.86. The molecule has 1 atom stereocenters. The van der Waals surface area contributed by atoms with Gasteiger partial charge in [0.25, 0.3) is 0 Å². The number of aliphatic hydroxyl groups is 1. The number of nitrogens with zero attached hydrogens (tertiary/aromatic N) is 1. The molecule has 1 rings (SSSR count). The van der Waals surface area contributed by atoms with Crippen molar-refractivity contribution in [1.29, 1.82) is 0 Å². The van der Waals surface area contributed by atoms with Gasteiger partial charge in [0.1, 0.15) is 0 Å². The van der Waals surface area contributed by atoms with Gasteiger partial charge in [-0.25, -0.2) is 0 Å². The normalized spacial score (nSPS) is 17.1. The van der Waals surface area contributed by atoms with Crippen molar-refractivity contribution in [3.05, 3.63) is 0 Å². The Morgan fingerprint density at radius 3 is 2.53 bits per heavy atom. The SMILES string of the molecule is O=C(O)CC(O)CNCCC(=O)N1CCCC1. The predicted molar refractivity (Wildman–Crippen MR) is 61.6 cm³/mol. The number of rotatable bonds is 7. The Hall–Kier alpha value is -1.14. The van der Waals surface area contributed by atoms with Gasteiger partial charge in [0, 0.05) is 32.6 Å². The molecule has 0 aliphatic carbocycles. The van der Waals surface area contributed by atoms with E-state index in [4.69, 9.17) is 5.11 Å².